The first-order valence-corrected chi connectivity index (χ1v) is 5.86. The van der Waals surface area contributed by atoms with Crippen LogP contribution in [0.1, 0.15) is 23.7 Å². The SMILES string of the molecule is CC1CC1CNC(=O)c1cccnc1Br. The van der Waals surface area contributed by atoms with Gasteiger partial charge in [-0.15, -0.1) is 0 Å². The lowest BCUT2D eigenvalue weighted by Crippen LogP contribution is -2.26. The lowest BCUT2D eigenvalue weighted by atomic mass is 10.2. The number of aromatic nitrogens is 1. The molecule has 2 rings (SSSR count). The van der Waals surface area contributed by atoms with E-state index in [0.29, 0.717) is 16.1 Å². The van der Waals surface area contributed by atoms with E-state index in [1.807, 2.05) is 0 Å². The summed E-state index contributed by atoms with van der Waals surface area (Å²) in [6, 6.07) is 3.53. The minimum Gasteiger partial charge on any atom is -0.352 e. The Morgan fingerprint density at radius 1 is 1.73 bits per heavy atom. The zero-order valence-electron chi connectivity index (χ0n) is 8.53. The summed E-state index contributed by atoms with van der Waals surface area (Å²) in [6.07, 6.45) is 2.89. The number of carbonyl (C=O) groups is 1. The molecule has 1 aromatic heterocycles. The van der Waals surface area contributed by atoms with Gasteiger partial charge < -0.3 is 5.32 Å². The van der Waals surface area contributed by atoms with E-state index >= 15 is 0 Å². The van der Waals surface area contributed by atoms with E-state index in [1.54, 1.807) is 18.3 Å². The van der Waals surface area contributed by atoms with Crippen molar-refractivity contribution in [1.82, 2.24) is 10.3 Å². The van der Waals surface area contributed by atoms with Gasteiger partial charge in [0.05, 0.1) is 5.56 Å². The van der Waals surface area contributed by atoms with Crippen LogP contribution in [-0.4, -0.2) is 17.4 Å². The molecule has 0 radical (unpaired) electrons. The quantitative estimate of drug-likeness (QED) is 0.855. The number of pyridine rings is 1. The molecule has 4 heteroatoms. The van der Waals surface area contributed by atoms with E-state index < -0.39 is 0 Å². The molecule has 0 aliphatic heterocycles. The van der Waals surface area contributed by atoms with Gasteiger partial charge in [-0.1, -0.05) is 6.92 Å². The first-order valence-electron chi connectivity index (χ1n) is 5.07. The third-order valence-electron chi connectivity index (χ3n) is 2.80. The van der Waals surface area contributed by atoms with Crippen LogP contribution in [0.5, 0.6) is 0 Å². The highest BCUT2D eigenvalue weighted by molar-refractivity contribution is 9.10. The fourth-order valence-electron chi connectivity index (χ4n) is 1.56. The molecule has 0 aromatic carbocycles. The Labute approximate surface area is 97.4 Å². The Morgan fingerprint density at radius 2 is 2.47 bits per heavy atom. The fourth-order valence-corrected chi connectivity index (χ4v) is 1.99. The molecule has 80 valence electrons. The Kier molecular flexibility index (Phi) is 3.05. The predicted molar refractivity (Wildman–Crippen MR) is 61.5 cm³/mol. The number of nitrogens with one attached hydrogen (secondary N) is 1. The zero-order valence-corrected chi connectivity index (χ0v) is 10.1. The molecule has 2 unspecified atom stereocenters. The lowest BCUT2D eigenvalue weighted by molar-refractivity contribution is 0.0950. The summed E-state index contributed by atoms with van der Waals surface area (Å²) in [5.74, 6) is 1.39. The number of hydrogen-bond acceptors (Lipinski definition) is 2. The number of rotatable bonds is 3. The molecule has 1 N–H and O–H groups in total. The van der Waals surface area contributed by atoms with Crippen LogP contribution < -0.4 is 5.32 Å². The van der Waals surface area contributed by atoms with Crippen molar-refractivity contribution >= 4 is 21.8 Å². The lowest BCUT2D eigenvalue weighted by Gasteiger charge is -2.05. The van der Waals surface area contributed by atoms with E-state index in [0.717, 1.165) is 12.5 Å². The van der Waals surface area contributed by atoms with E-state index in [-0.39, 0.29) is 5.91 Å². The molecular formula is C11H13BrN2O. The van der Waals surface area contributed by atoms with Gasteiger partial charge >= 0.3 is 0 Å². The number of halogens is 1. The Hall–Kier alpha value is -0.900. The number of amides is 1. The van der Waals surface area contributed by atoms with E-state index in [4.69, 9.17) is 0 Å². The van der Waals surface area contributed by atoms with Crippen LogP contribution in [-0.2, 0) is 0 Å². The van der Waals surface area contributed by atoms with Crippen molar-refractivity contribution in [2.24, 2.45) is 11.8 Å². The van der Waals surface area contributed by atoms with Crippen molar-refractivity contribution in [2.45, 2.75) is 13.3 Å². The van der Waals surface area contributed by atoms with E-state index in [9.17, 15) is 4.79 Å². The molecule has 1 aromatic rings. The van der Waals surface area contributed by atoms with Gasteiger partial charge in [-0.25, -0.2) is 4.98 Å². The first-order chi connectivity index (χ1) is 7.18. The van der Waals surface area contributed by atoms with Crippen LogP contribution in [0.2, 0.25) is 0 Å². The molecule has 0 bridgehead atoms. The molecule has 1 heterocycles. The number of hydrogen-bond donors (Lipinski definition) is 1. The van der Waals surface area contributed by atoms with Crippen LogP contribution >= 0.6 is 15.9 Å². The summed E-state index contributed by atoms with van der Waals surface area (Å²) < 4.78 is 0.603. The molecular weight excluding hydrogens is 256 g/mol. The van der Waals surface area contributed by atoms with Crippen molar-refractivity contribution in [3.8, 4) is 0 Å². The summed E-state index contributed by atoms with van der Waals surface area (Å²) in [5, 5.41) is 2.92. The van der Waals surface area contributed by atoms with Gasteiger partial charge in [-0.3, -0.25) is 4.79 Å². The third-order valence-corrected chi connectivity index (χ3v) is 3.44. The van der Waals surface area contributed by atoms with Crippen molar-refractivity contribution < 1.29 is 4.79 Å². The second kappa shape index (κ2) is 4.31. The Balaban J connectivity index is 1.93. The van der Waals surface area contributed by atoms with Gasteiger partial charge in [0.25, 0.3) is 5.91 Å². The fraction of sp³-hybridized carbons (Fsp3) is 0.455. The van der Waals surface area contributed by atoms with Crippen molar-refractivity contribution in [2.75, 3.05) is 6.54 Å². The van der Waals surface area contributed by atoms with Crippen LogP contribution in [0.3, 0.4) is 0 Å². The van der Waals surface area contributed by atoms with Gasteiger partial charge in [0, 0.05) is 12.7 Å². The van der Waals surface area contributed by atoms with Gasteiger partial charge in [0.2, 0.25) is 0 Å². The highest BCUT2D eigenvalue weighted by atomic mass is 79.9. The van der Waals surface area contributed by atoms with E-state index in [2.05, 4.69) is 33.2 Å². The summed E-state index contributed by atoms with van der Waals surface area (Å²) >= 11 is 3.26. The van der Waals surface area contributed by atoms with Gasteiger partial charge in [-0.2, -0.15) is 0 Å². The summed E-state index contributed by atoms with van der Waals surface area (Å²) in [4.78, 5) is 15.7. The van der Waals surface area contributed by atoms with Gasteiger partial charge in [-0.05, 0) is 46.3 Å². The standard InChI is InChI=1S/C11H13BrN2O/c1-7-5-8(7)6-14-11(15)9-3-2-4-13-10(9)12/h2-4,7-8H,5-6H2,1H3,(H,14,15). The molecule has 1 aliphatic rings. The average molecular weight is 269 g/mol. The largest absolute Gasteiger partial charge is 0.352 e. The maximum atomic E-state index is 11.7. The maximum Gasteiger partial charge on any atom is 0.254 e. The third kappa shape index (κ3) is 2.56. The molecule has 0 spiro atoms. The van der Waals surface area contributed by atoms with Crippen LogP contribution in [0.15, 0.2) is 22.9 Å². The first kappa shape index (κ1) is 10.6. The zero-order chi connectivity index (χ0) is 10.8. The van der Waals surface area contributed by atoms with Crippen molar-refractivity contribution in [3.63, 3.8) is 0 Å². The molecule has 15 heavy (non-hydrogen) atoms. The predicted octanol–water partition coefficient (Wildman–Crippen LogP) is 2.23. The number of nitrogens with zero attached hydrogens (tertiary/aromatic N) is 1. The second-order valence-corrected chi connectivity index (χ2v) is 4.78. The maximum absolute atomic E-state index is 11.7. The molecule has 1 saturated carbocycles. The van der Waals surface area contributed by atoms with Crippen LogP contribution in [0.4, 0.5) is 0 Å². The highest BCUT2D eigenvalue weighted by Crippen LogP contribution is 2.36. The van der Waals surface area contributed by atoms with Crippen molar-refractivity contribution in [3.05, 3.63) is 28.5 Å². The number of carbonyl (C=O) groups excluding carboxylic acids is 1. The molecule has 3 nitrogen and oxygen atoms in total. The molecule has 1 aliphatic carbocycles. The van der Waals surface area contributed by atoms with Gasteiger partial charge in [0.15, 0.2) is 0 Å². The average Bonchev–Trinajstić information content (AvgIpc) is 2.92. The van der Waals surface area contributed by atoms with Crippen LogP contribution in [0.25, 0.3) is 0 Å². The highest BCUT2D eigenvalue weighted by Gasteiger charge is 2.32. The van der Waals surface area contributed by atoms with Gasteiger partial charge in [0.1, 0.15) is 4.60 Å². The molecule has 2 atom stereocenters. The van der Waals surface area contributed by atoms with Crippen LogP contribution in [0, 0.1) is 11.8 Å². The molecule has 1 amide bonds. The monoisotopic (exact) mass is 268 g/mol. The summed E-state index contributed by atoms with van der Waals surface area (Å²) in [5.41, 5.74) is 0.603. The normalized spacial score (nSPS) is 23.6. The second-order valence-electron chi connectivity index (χ2n) is 4.02. The van der Waals surface area contributed by atoms with E-state index in [1.165, 1.54) is 6.42 Å². The Morgan fingerprint density at radius 3 is 3.07 bits per heavy atom. The minimum atomic E-state index is -0.0472. The molecule has 0 saturated heterocycles. The summed E-state index contributed by atoms with van der Waals surface area (Å²) in [7, 11) is 0. The Bertz CT molecular complexity index is 381. The topological polar surface area (TPSA) is 42.0 Å². The summed E-state index contributed by atoms with van der Waals surface area (Å²) in [6.45, 7) is 2.98. The van der Waals surface area contributed by atoms with Crippen molar-refractivity contribution in [1.29, 1.82) is 0 Å². The smallest absolute Gasteiger partial charge is 0.254 e. The molecule has 1 fully saturated rings. The minimum absolute atomic E-state index is 0.0472.